The Balaban J connectivity index is 2.89. The highest BCUT2D eigenvalue weighted by Gasteiger charge is 2.45. The molecule has 0 amide bonds. The number of hydrogen-bond donors (Lipinski definition) is 3. The molecule has 3 N–H and O–H groups in total. The first-order chi connectivity index (χ1) is 14.8. The van der Waals surface area contributed by atoms with Gasteiger partial charge in [-0.3, -0.25) is 0 Å². The van der Waals surface area contributed by atoms with Crippen LogP contribution in [0.15, 0.2) is 24.3 Å². The van der Waals surface area contributed by atoms with Crippen molar-refractivity contribution >= 4 is 5.97 Å². The monoisotopic (exact) mass is 456 g/mol. The van der Waals surface area contributed by atoms with Crippen molar-refractivity contribution in [2.24, 2.45) is 0 Å². The van der Waals surface area contributed by atoms with Crippen LogP contribution in [0.5, 0.6) is 17.2 Å². The fourth-order valence-corrected chi connectivity index (χ4v) is 4.26. The van der Waals surface area contributed by atoms with Gasteiger partial charge in [0.1, 0.15) is 17.2 Å². The molecular formula is C28H40O5. The van der Waals surface area contributed by atoms with Crippen LogP contribution in [-0.2, 0) is 26.4 Å². The lowest BCUT2D eigenvalue weighted by atomic mass is 9.59. The number of aromatic hydroxyl groups is 3. The Morgan fingerprint density at radius 2 is 0.970 bits per heavy atom. The molecule has 0 spiro atoms. The van der Waals surface area contributed by atoms with Crippen molar-refractivity contribution < 1.29 is 24.9 Å². The summed E-state index contributed by atoms with van der Waals surface area (Å²) in [5.74, 6) is -0.174. The van der Waals surface area contributed by atoms with Gasteiger partial charge in [-0.2, -0.15) is 0 Å². The summed E-state index contributed by atoms with van der Waals surface area (Å²) in [5.41, 5.74) is 0.454. The van der Waals surface area contributed by atoms with Crippen molar-refractivity contribution in [3.8, 4) is 17.2 Å². The maximum Gasteiger partial charge on any atom is 0.337 e. The molecule has 0 radical (unpaired) electrons. The minimum absolute atomic E-state index is 0.0690. The second-order valence-corrected chi connectivity index (χ2v) is 12.1. The SMILES string of the molecule is COC(=O)c1cc(C(C)(C)C)c(O)c(C(C)(C)C(C)(C)c2cc(O)cc(C(C)(C)C)c2O)c1. The van der Waals surface area contributed by atoms with Gasteiger partial charge in [0.05, 0.1) is 12.7 Å². The molecule has 0 atom stereocenters. The number of hydrogen-bond acceptors (Lipinski definition) is 5. The first-order valence-electron chi connectivity index (χ1n) is 11.3. The number of phenols is 3. The van der Waals surface area contributed by atoms with E-state index in [-0.39, 0.29) is 22.7 Å². The smallest absolute Gasteiger partial charge is 0.337 e. The largest absolute Gasteiger partial charge is 0.508 e. The van der Waals surface area contributed by atoms with Gasteiger partial charge in [-0.25, -0.2) is 4.79 Å². The molecule has 0 aliphatic carbocycles. The van der Waals surface area contributed by atoms with Gasteiger partial charge in [0.15, 0.2) is 0 Å². The van der Waals surface area contributed by atoms with Gasteiger partial charge in [-0.1, -0.05) is 69.2 Å². The van der Waals surface area contributed by atoms with Crippen molar-refractivity contribution in [2.75, 3.05) is 7.11 Å². The Labute approximate surface area is 198 Å². The average molecular weight is 457 g/mol. The van der Waals surface area contributed by atoms with Crippen molar-refractivity contribution in [3.63, 3.8) is 0 Å². The molecule has 182 valence electrons. The Morgan fingerprint density at radius 1 is 0.636 bits per heavy atom. The predicted octanol–water partition coefficient (Wildman–Crippen LogP) is 6.44. The quantitative estimate of drug-likeness (QED) is 0.364. The van der Waals surface area contributed by atoms with E-state index in [2.05, 4.69) is 0 Å². The summed E-state index contributed by atoms with van der Waals surface area (Å²) >= 11 is 0. The number of methoxy groups -OCH3 is 1. The van der Waals surface area contributed by atoms with Crippen LogP contribution in [0, 0.1) is 0 Å². The summed E-state index contributed by atoms with van der Waals surface area (Å²) in [6.07, 6.45) is 0. The summed E-state index contributed by atoms with van der Waals surface area (Å²) in [6.45, 7) is 19.7. The van der Waals surface area contributed by atoms with Crippen LogP contribution < -0.4 is 0 Å². The molecule has 2 aromatic rings. The standard InChI is InChI=1S/C28H40O5/c1-25(2,3)18-12-16(24(32)33-11)13-20(22(18)30)27(7,8)28(9,10)21-15-17(29)14-19(23(21)31)26(4,5)6/h12-15,29-31H,1-11H3. The summed E-state index contributed by atoms with van der Waals surface area (Å²) in [4.78, 5) is 12.5. The average Bonchev–Trinajstić information content (AvgIpc) is 2.66. The Kier molecular flexibility index (Phi) is 6.65. The number of ether oxygens (including phenoxy) is 1. The lowest BCUT2D eigenvalue weighted by Gasteiger charge is -2.44. The zero-order chi connectivity index (χ0) is 25.7. The van der Waals surface area contributed by atoms with Gasteiger partial charge in [-0.15, -0.1) is 0 Å². The van der Waals surface area contributed by atoms with Crippen molar-refractivity contribution in [3.05, 3.63) is 52.1 Å². The maximum atomic E-state index is 12.5. The van der Waals surface area contributed by atoms with Gasteiger partial charge in [0.25, 0.3) is 0 Å². The zero-order valence-corrected chi connectivity index (χ0v) is 22.0. The lowest BCUT2D eigenvalue weighted by molar-refractivity contribution is 0.0600. The highest BCUT2D eigenvalue weighted by Crippen LogP contribution is 2.52. The molecule has 2 aromatic carbocycles. The van der Waals surface area contributed by atoms with E-state index in [1.165, 1.54) is 7.11 Å². The number of carbonyl (C=O) groups is 1. The second-order valence-electron chi connectivity index (χ2n) is 12.1. The Morgan fingerprint density at radius 3 is 1.36 bits per heavy atom. The van der Waals surface area contributed by atoms with Crippen LogP contribution in [0.4, 0.5) is 0 Å². The third kappa shape index (κ3) is 4.68. The number of rotatable bonds is 4. The normalized spacial score (nSPS) is 13.2. The zero-order valence-electron chi connectivity index (χ0n) is 22.0. The number of benzene rings is 2. The summed E-state index contributed by atoms with van der Waals surface area (Å²) < 4.78 is 4.98. The van der Waals surface area contributed by atoms with Gasteiger partial charge < -0.3 is 20.1 Å². The summed E-state index contributed by atoms with van der Waals surface area (Å²) in [5, 5.41) is 33.2. The lowest BCUT2D eigenvalue weighted by Crippen LogP contribution is -2.41. The number of carbonyl (C=O) groups excluding carboxylic acids is 1. The van der Waals surface area contributed by atoms with Crippen molar-refractivity contribution in [1.29, 1.82) is 0 Å². The molecule has 5 heteroatoms. The van der Waals surface area contributed by atoms with E-state index in [0.29, 0.717) is 27.8 Å². The molecular weight excluding hydrogens is 416 g/mol. The van der Waals surface area contributed by atoms with Crippen molar-refractivity contribution in [2.45, 2.75) is 90.9 Å². The van der Waals surface area contributed by atoms with E-state index in [1.807, 2.05) is 69.2 Å². The maximum absolute atomic E-state index is 12.5. The second kappa shape index (κ2) is 8.27. The fourth-order valence-electron chi connectivity index (χ4n) is 4.26. The van der Waals surface area contributed by atoms with Crippen LogP contribution >= 0.6 is 0 Å². The third-order valence-corrected chi connectivity index (χ3v) is 7.15. The summed E-state index contributed by atoms with van der Waals surface area (Å²) in [6, 6.07) is 6.52. The number of esters is 1. The Hall–Kier alpha value is -2.69. The van der Waals surface area contributed by atoms with Crippen LogP contribution in [0.25, 0.3) is 0 Å². The van der Waals surface area contributed by atoms with E-state index in [1.54, 1.807) is 24.3 Å². The molecule has 0 unspecified atom stereocenters. The molecule has 0 bridgehead atoms. The van der Waals surface area contributed by atoms with E-state index in [4.69, 9.17) is 4.74 Å². The van der Waals surface area contributed by atoms with Gasteiger partial charge >= 0.3 is 5.97 Å². The molecule has 0 aromatic heterocycles. The molecule has 0 heterocycles. The summed E-state index contributed by atoms with van der Waals surface area (Å²) in [7, 11) is 1.33. The van der Waals surface area contributed by atoms with Crippen LogP contribution in [-0.4, -0.2) is 28.4 Å². The first-order valence-corrected chi connectivity index (χ1v) is 11.3. The highest BCUT2D eigenvalue weighted by atomic mass is 16.5. The van der Waals surface area contributed by atoms with Crippen LogP contribution in [0.1, 0.15) is 102 Å². The number of phenolic OH excluding ortho intramolecular Hbond substituents is 3. The van der Waals surface area contributed by atoms with E-state index >= 15 is 0 Å². The highest BCUT2D eigenvalue weighted by molar-refractivity contribution is 5.90. The van der Waals surface area contributed by atoms with E-state index in [9.17, 15) is 20.1 Å². The van der Waals surface area contributed by atoms with Gasteiger partial charge in [0, 0.05) is 33.1 Å². The van der Waals surface area contributed by atoms with Crippen LogP contribution in [0.2, 0.25) is 0 Å². The molecule has 33 heavy (non-hydrogen) atoms. The molecule has 0 saturated carbocycles. The minimum Gasteiger partial charge on any atom is -0.508 e. The van der Waals surface area contributed by atoms with Crippen LogP contribution in [0.3, 0.4) is 0 Å². The van der Waals surface area contributed by atoms with Gasteiger partial charge in [0.2, 0.25) is 0 Å². The third-order valence-electron chi connectivity index (χ3n) is 7.15. The van der Waals surface area contributed by atoms with E-state index in [0.717, 1.165) is 0 Å². The fraction of sp³-hybridized carbons (Fsp3) is 0.536. The molecule has 5 nitrogen and oxygen atoms in total. The molecule has 0 aliphatic heterocycles. The first kappa shape index (κ1) is 26.6. The molecule has 0 fully saturated rings. The predicted molar refractivity (Wildman–Crippen MR) is 133 cm³/mol. The minimum atomic E-state index is -0.762. The molecule has 0 saturated heterocycles. The van der Waals surface area contributed by atoms with Crippen molar-refractivity contribution in [1.82, 2.24) is 0 Å². The van der Waals surface area contributed by atoms with Gasteiger partial charge in [-0.05, 0) is 35.1 Å². The van der Waals surface area contributed by atoms with E-state index < -0.39 is 22.2 Å². The Bertz CT molecular complexity index is 1060. The molecule has 0 aliphatic rings. The molecule has 2 rings (SSSR count). The topological polar surface area (TPSA) is 87.0 Å².